The lowest BCUT2D eigenvalue weighted by atomic mass is 9.80. The molecule has 0 atom stereocenters. The zero-order chi connectivity index (χ0) is 15.3. The summed E-state index contributed by atoms with van der Waals surface area (Å²) in [7, 11) is -1.17. The van der Waals surface area contributed by atoms with Gasteiger partial charge in [0.15, 0.2) is 0 Å². The molecule has 0 radical (unpaired) electrons. The van der Waals surface area contributed by atoms with Crippen LogP contribution in [-0.2, 0) is 15.5 Å². The second-order valence-electron chi connectivity index (χ2n) is 5.67. The smallest absolute Gasteiger partial charge is 0.398 e. The highest BCUT2D eigenvalue weighted by atomic mass is 35.5. The Kier molecular flexibility index (Phi) is 3.60. The van der Waals surface area contributed by atoms with E-state index in [4.69, 9.17) is 20.9 Å². The van der Waals surface area contributed by atoms with Gasteiger partial charge in [-0.05, 0) is 33.8 Å². The zero-order valence-electron chi connectivity index (χ0n) is 11.5. The summed E-state index contributed by atoms with van der Waals surface area (Å²) in [5.41, 5.74) is -2.71. The molecule has 1 saturated heterocycles. The SMILES string of the molecule is CC1(C)OB(c2ncc(Cl)cc2C(F)(F)F)OC1(C)C. The highest BCUT2D eigenvalue weighted by molar-refractivity contribution is 6.61. The van der Waals surface area contributed by atoms with E-state index in [1.165, 1.54) is 0 Å². The lowest BCUT2D eigenvalue weighted by molar-refractivity contribution is -0.137. The first-order valence-corrected chi connectivity index (χ1v) is 6.40. The van der Waals surface area contributed by atoms with Gasteiger partial charge >= 0.3 is 13.3 Å². The maximum absolute atomic E-state index is 13.1. The molecule has 0 amide bonds. The number of nitrogens with zero attached hydrogens (tertiary/aromatic N) is 1. The van der Waals surface area contributed by atoms with Crippen LogP contribution in [0.4, 0.5) is 13.2 Å². The Balaban J connectivity index is 2.46. The van der Waals surface area contributed by atoms with E-state index in [2.05, 4.69) is 4.98 Å². The van der Waals surface area contributed by atoms with Crippen LogP contribution in [0.2, 0.25) is 5.02 Å². The van der Waals surface area contributed by atoms with Crippen molar-refractivity contribution in [1.29, 1.82) is 0 Å². The normalized spacial score (nSPS) is 21.3. The van der Waals surface area contributed by atoms with Crippen LogP contribution in [0.5, 0.6) is 0 Å². The minimum Gasteiger partial charge on any atom is -0.398 e. The van der Waals surface area contributed by atoms with E-state index < -0.39 is 30.1 Å². The highest BCUT2D eigenvalue weighted by Gasteiger charge is 2.54. The fraction of sp³-hybridized carbons (Fsp3) is 0.583. The topological polar surface area (TPSA) is 31.4 Å². The van der Waals surface area contributed by atoms with Crippen LogP contribution in [-0.4, -0.2) is 23.3 Å². The maximum atomic E-state index is 13.1. The number of pyridine rings is 1. The molecule has 0 aliphatic carbocycles. The Hall–Kier alpha value is -0.785. The molecule has 0 aromatic carbocycles. The quantitative estimate of drug-likeness (QED) is 0.747. The van der Waals surface area contributed by atoms with Crippen molar-refractivity contribution in [2.24, 2.45) is 0 Å². The lowest BCUT2D eigenvalue weighted by Gasteiger charge is -2.32. The minimum atomic E-state index is -4.57. The summed E-state index contributed by atoms with van der Waals surface area (Å²) >= 11 is 5.60. The number of hydrogen-bond donors (Lipinski definition) is 0. The van der Waals surface area contributed by atoms with Gasteiger partial charge in [-0.25, -0.2) is 0 Å². The minimum absolute atomic E-state index is 0.0856. The van der Waals surface area contributed by atoms with Crippen LogP contribution in [0.15, 0.2) is 12.3 Å². The Morgan fingerprint density at radius 2 is 1.65 bits per heavy atom. The van der Waals surface area contributed by atoms with Crippen molar-refractivity contribution in [3.8, 4) is 0 Å². The number of hydrogen-bond acceptors (Lipinski definition) is 3. The van der Waals surface area contributed by atoms with Crippen LogP contribution in [0.25, 0.3) is 0 Å². The van der Waals surface area contributed by atoms with Gasteiger partial charge in [-0.15, -0.1) is 0 Å². The van der Waals surface area contributed by atoms with Crippen LogP contribution >= 0.6 is 11.6 Å². The molecule has 0 bridgehead atoms. The van der Waals surface area contributed by atoms with Gasteiger partial charge in [-0.2, -0.15) is 13.2 Å². The Labute approximate surface area is 120 Å². The van der Waals surface area contributed by atoms with E-state index in [1.807, 2.05) is 0 Å². The van der Waals surface area contributed by atoms with Crippen molar-refractivity contribution in [2.45, 2.75) is 45.1 Å². The van der Waals surface area contributed by atoms with E-state index in [0.29, 0.717) is 0 Å². The average molecular weight is 308 g/mol. The summed E-state index contributed by atoms with van der Waals surface area (Å²) in [5.74, 6) is 0. The molecule has 8 heteroatoms. The molecular formula is C12H14BClF3NO2. The van der Waals surface area contributed by atoms with Crippen molar-refractivity contribution in [3.63, 3.8) is 0 Å². The Morgan fingerprint density at radius 3 is 2.10 bits per heavy atom. The standard InChI is InChI=1S/C12H14BClF3NO2/c1-10(2)11(3,4)20-13(19-10)9-8(12(15,16)17)5-7(14)6-18-9/h5-6H,1-4H3. The molecule has 1 aliphatic heterocycles. The Morgan fingerprint density at radius 1 is 1.15 bits per heavy atom. The van der Waals surface area contributed by atoms with Gasteiger partial charge in [-0.3, -0.25) is 4.98 Å². The van der Waals surface area contributed by atoms with Crippen molar-refractivity contribution in [2.75, 3.05) is 0 Å². The number of aromatic nitrogens is 1. The second kappa shape index (κ2) is 4.61. The first-order valence-electron chi connectivity index (χ1n) is 6.02. The third-order valence-corrected chi connectivity index (χ3v) is 3.87. The number of rotatable bonds is 1. The van der Waals surface area contributed by atoms with Gasteiger partial charge in [0.05, 0.1) is 27.4 Å². The highest BCUT2D eigenvalue weighted by Crippen LogP contribution is 2.38. The van der Waals surface area contributed by atoms with Gasteiger partial charge in [0, 0.05) is 6.20 Å². The van der Waals surface area contributed by atoms with Gasteiger partial charge in [0.1, 0.15) is 0 Å². The van der Waals surface area contributed by atoms with Gasteiger partial charge < -0.3 is 9.31 Å². The summed E-state index contributed by atoms with van der Waals surface area (Å²) in [6.07, 6.45) is -3.42. The largest absolute Gasteiger partial charge is 0.515 e. The molecule has 0 spiro atoms. The monoisotopic (exact) mass is 307 g/mol. The first kappa shape index (κ1) is 15.6. The molecule has 2 rings (SSSR count). The fourth-order valence-corrected chi connectivity index (χ4v) is 1.98. The zero-order valence-corrected chi connectivity index (χ0v) is 12.3. The molecule has 2 heterocycles. The molecular weight excluding hydrogens is 293 g/mol. The second-order valence-corrected chi connectivity index (χ2v) is 6.11. The summed E-state index contributed by atoms with van der Waals surface area (Å²) in [4.78, 5) is 3.76. The lowest BCUT2D eigenvalue weighted by Crippen LogP contribution is -2.41. The van der Waals surface area contributed by atoms with Crippen molar-refractivity contribution >= 4 is 24.3 Å². The predicted molar refractivity (Wildman–Crippen MR) is 70.0 cm³/mol. The molecule has 0 N–H and O–H groups in total. The fourth-order valence-electron chi connectivity index (χ4n) is 1.82. The van der Waals surface area contributed by atoms with E-state index in [9.17, 15) is 13.2 Å². The van der Waals surface area contributed by atoms with Crippen molar-refractivity contribution < 1.29 is 22.5 Å². The molecule has 1 aromatic heterocycles. The summed E-state index contributed by atoms with van der Waals surface area (Å²) in [6.45, 7) is 7.04. The van der Waals surface area contributed by atoms with Crippen molar-refractivity contribution in [1.82, 2.24) is 4.98 Å². The average Bonchev–Trinajstić information content (AvgIpc) is 2.46. The van der Waals surface area contributed by atoms with E-state index in [1.54, 1.807) is 27.7 Å². The third-order valence-electron chi connectivity index (χ3n) is 3.67. The molecule has 3 nitrogen and oxygen atoms in total. The number of alkyl halides is 3. The van der Waals surface area contributed by atoms with Crippen LogP contribution in [0, 0.1) is 0 Å². The maximum Gasteiger partial charge on any atom is 0.515 e. The van der Waals surface area contributed by atoms with Crippen LogP contribution in [0.1, 0.15) is 33.3 Å². The molecule has 1 aliphatic rings. The van der Waals surface area contributed by atoms with E-state index >= 15 is 0 Å². The predicted octanol–water partition coefficient (Wildman–Crippen LogP) is 3.05. The molecule has 1 aromatic rings. The molecule has 110 valence electrons. The molecule has 0 unspecified atom stereocenters. The number of halogens is 4. The molecule has 0 saturated carbocycles. The van der Waals surface area contributed by atoms with Crippen molar-refractivity contribution in [3.05, 3.63) is 22.8 Å². The van der Waals surface area contributed by atoms with E-state index in [-0.39, 0.29) is 10.6 Å². The Bertz CT molecular complexity index is 518. The van der Waals surface area contributed by atoms with E-state index in [0.717, 1.165) is 12.3 Å². The summed E-state index contributed by atoms with van der Waals surface area (Å²) < 4.78 is 50.4. The third kappa shape index (κ3) is 2.66. The van der Waals surface area contributed by atoms with Crippen LogP contribution < -0.4 is 5.59 Å². The van der Waals surface area contributed by atoms with Crippen LogP contribution in [0.3, 0.4) is 0 Å². The van der Waals surface area contributed by atoms with Gasteiger partial charge in [0.25, 0.3) is 0 Å². The molecule has 20 heavy (non-hydrogen) atoms. The first-order chi connectivity index (χ1) is 8.94. The van der Waals surface area contributed by atoms with Gasteiger partial charge in [0.2, 0.25) is 0 Å². The molecule has 1 fully saturated rings. The summed E-state index contributed by atoms with van der Waals surface area (Å²) in [6, 6.07) is 0.828. The van der Waals surface area contributed by atoms with Gasteiger partial charge in [-0.1, -0.05) is 11.6 Å². The summed E-state index contributed by atoms with van der Waals surface area (Å²) in [5, 5.41) is -0.0856.